The number of nitrogens with zero attached hydrogens (tertiary/aromatic N) is 2. The van der Waals surface area contributed by atoms with E-state index in [0.717, 1.165) is 55.5 Å². The Morgan fingerprint density at radius 1 is 0.345 bits per heavy atom. The minimum absolute atomic E-state index is 0.910. The summed E-state index contributed by atoms with van der Waals surface area (Å²) in [6, 6.07) is 74.0. The molecule has 11 aromatic rings. The maximum Gasteiger partial charge on any atom is 0.143 e. The lowest BCUT2D eigenvalue weighted by atomic mass is 10.00. The Morgan fingerprint density at radius 2 is 0.891 bits per heavy atom. The van der Waals surface area contributed by atoms with Gasteiger partial charge in [-0.2, -0.15) is 0 Å². The van der Waals surface area contributed by atoms with Crippen molar-refractivity contribution in [3.63, 3.8) is 0 Å². The molecule has 0 amide bonds. The molecule has 258 valence electrons. The zero-order valence-electron chi connectivity index (χ0n) is 29.9. The van der Waals surface area contributed by atoms with Crippen LogP contribution in [0.1, 0.15) is 0 Å². The van der Waals surface area contributed by atoms with Gasteiger partial charge in [-0.3, -0.25) is 0 Å². The van der Waals surface area contributed by atoms with Crippen LogP contribution in [0.4, 0.5) is 17.1 Å². The minimum atomic E-state index is 0.910. The molecule has 9 aromatic carbocycles. The Kier molecular flexibility index (Phi) is 7.17. The average molecular weight is 703 g/mol. The van der Waals surface area contributed by atoms with Gasteiger partial charge in [-0.15, -0.1) is 0 Å². The largest absolute Gasteiger partial charge is 0.455 e. The molecule has 0 aliphatic rings. The molecule has 0 N–H and O–H groups in total. The summed E-state index contributed by atoms with van der Waals surface area (Å²) in [6.45, 7) is 0. The summed E-state index contributed by atoms with van der Waals surface area (Å²) in [5, 5.41) is 7.01. The van der Waals surface area contributed by atoms with E-state index < -0.39 is 0 Å². The number of rotatable bonds is 6. The van der Waals surface area contributed by atoms with Gasteiger partial charge in [-0.25, -0.2) is 0 Å². The first kappa shape index (κ1) is 31.2. The van der Waals surface area contributed by atoms with E-state index in [1.54, 1.807) is 0 Å². The second-order valence-corrected chi connectivity index (χ2v) is 14.2. The average Bonchev–Trinajstić information content (AvgIpc) is 3.81. The molecule has 2 heterocycles. The van der Waals surface area contributed by atoms with E-state index in [9.17, 15) is 0 Å². The summed E-state index contributed by atoms with van der Waals surface area (Å²) in [6.07, 6.45) is 0. The number of aromatic nitrogens is 1. The van der Waals surface area contributed by atoms with Crippen LogP contribution in [0.5, 0.6) is 0 Å². The van der Waals surface area contributed by atoms with Gasteiger partial charge in [0.15, 0.2) is 0 Å². The maximum absolute atomic E-state index is 6.43. The Morgan fingerprint density at radius 3 is 1.60 bits per heavy atom. The van der Waals surface area contributed by atoms with Crippen LogP contribution >= 0.6 is 0 Å². The van der Waals surface area contributed by atoms with Crippen molar-refractivity contribution >= 4 is 71.6 Å². The second-order valence-electron chi connectivity index (χ2n) is 14.2. The van der Waals surface area contributed by atoms with E-state index in [-0.39, 0.29) is 0 Å². The van der Waals surface area contributed by atoms with Crippen LogP contribution in [-0.2, 0) is 0 Å². The normalized spacial score (nSPS) is 11.6. The molecule has 3 nitrogen and oxygen atoms in total. The molecular formula is C52H34N2O. The number of benzene rings is 9. The van der Waals surface area contributed by atoms with Crippen LogP contribution in [0.15, 0.2) is 211 Å². The number of anilines is 3. The first-order valence-corrected chi connectivity index (χ1v) is 18.8. The Hall–Kier alpha value is -7.36. The fraction of sp³-hybridized carbons (Fsp3) is 0. The topological polar surface area (TPSA) is 21.3 Å². The monoisotopic (exact) mass is 702 g/mol. The number of fused-ring (bicyclic) bond motifs is 8. The Balaban J connectivity index is 1.05. The van der Waals surface area contributed by atoms with Gasteiger partial charge in [0.2, 0.25) is 0 Å². The Labute approximate surface area is 318 Å². The SMILES string of the molecule is c1ccc(-c2ccc(-c3ccc(N(c4cccc(-n5c6ccccc6c6ccccc65)c4)c4ccc5c(ccc6c7ccccc7oc56)c4)cc3)cc2)cc1. The van der Waals surface area contributed by atoms with Gasteiger partial charge in [-0.1, -0.05) is 133 Å². The summed E-state index contributed by atoms with van der Waals surface area (Å²) in [4.78, 5) is 2.36. The molecule has 0 fully saturated rings. The second kappa shape index (κ2) is 12.6. The van der Waals surface area contributed by atoms with Crippen LogP contribution < -0.4 is 4.90 Å². The van der Waals surface area contributed by atoms with Crippen molar-refractivity contribution in [2.75, 3.05) is 4.90 Å². The fourth-order valence-corrected chi connectivity index (χ4v) is 8.35. The molecule has 0 atom stereocenters. The van der Waals surface area contributed by atoms with Crippen LogP contribution in [0.25, 0.3) is 82.5 Å². The molecule has 0 aliphatic carbocycles. The smallest absolute Gasteiger partial charge is 0.143 e. The predicted molar refractivity (Wildman–Crippen MR) is 231 cm³/mol. The van der Waals surface area contributed by atoms with Gasteiger partial charge in [0.1, 0.15) is 11.2 Å². The molecule has 55 heavy (non-hydrogen) atoms. The van der Waals surface area contributed by atoms with Gasteiger partial charge < -0.3 is 13.9 Å². The highest BCUT2D eigenvalue weighted by atomic mass is 16.3. The van der Waals surface area contributed by atoms with Gasteiger partial charge in [0.05, 0.1) is 11.0 Å². The third-order valence-electron chi connectivity index (χ3n) is 11.0. The molecular weight excluding hydrogens is 669 g/mol. The maximum atomic E-state index is 6.43. The zero-order chi connectivity index (χ0) is 36.3. The summed E-state index contributed by atoms with van der Waals surface area (Å²) in [5.74, 6) is 0. The van der Waals surface area contributed by atoms with E-state index in [2.05, 4.69) is 204 Å². The molecule has 3 heteroatoms. The highest BCUT2D eigenvalue weighted by Gasteiger charge is 2.18. The van der Waals surface area contributed by atoms with Crippen molar-refractivity contribution in [3.8, 4) is 27.9 Å². The van der Waals surface area contributed by atoms with E-state index >= 15 is 0 Å². The van der Waals surface area contributed by atoms with Crippen LogP contribution in [0.3, 0.4) is 0 Å². The van der Waals surface area contributed by atoms with Crippen molar-refractivity contribution < 1.29 is 4.42 Å². The molecule has 0 saturated heterocycles. The van der Waals surface area contributed by atoms with Gasteiger partial charge in [0, 0.05) is 49.7 Å². The lowest BCUT2D eigenvalue weighted by Gasteiger charge is -2.27. The highest BCUT2D eigenvalue weighted by molar-refractivity contribution is 6.15. The third kappa shape index (κ3) is 5.20. The van der Waals surface area contributed by atoms with Crippen molar-refractivity contribution in [3.05, 3.63) is 206 Å². The molecule has 0 saturated carbocycles. The summed E-state index contributed by atoms with van der Waals surface area (Å²) in [7, 11) is 0. The molecule has 2 aromatic heterocycles. The van der Waals surface area contributed by atoms with Crippen molar-refractivity contribution in [1.82, 2.24) is 4.57 Å². The molecule has 11 rings (SSSR count). The molecule has 0 radical (unpaired) electrons. The molecule has 0 unspecified atom stereocenters. The summed E-state index contributed by atoms with van der Waals surface area (Å²) in [5.41, 5.74) is 13.3. The first-order valence-electron chi connectivity index (χ1n) is 18.8. The van der Waals surface area contributed by atoms with E-state index in [1.807, 2.05) is 12.1 Å². The van der Waals surface area contributed by atoms with Crippen LogP contribution in [0, 0.1) is 0 Å². The van der Waals surface area contributed by atoms with Crippen LogP contribution in [-0.4, -0.2) is 4.57 Å². The quantitative estimate of drug-likeness (QED) is 0.172. The first-order chi connectivity index (χ1) is 27.3. The van der Waals surface area contributed by atoms with Crippen molar-refractivity contribution in [2.24, 2.45) is 0 Å². The van der Waals surface area contributed by atoms with Crippen molar-refractivity contribution in [2.45, 2.75) is 0 Å². The van der Waals surface area contributed by atoms with E-state index in [0.29, 0.717) is 0 Å². The Bertz CT molecular complexity index is 3140. The lowest BCUT2D eigenvalue weighted by molar-refractivity contribution is 0.672. The highest BCUT2D eigenvalue weighted by Crippen LogP contribution is 2.41. The van der Waals surface area contributed by atoms with Gasteiger partial charge in [0.25, 0.3) is 0 Å². The van der Waals surface area contributed by atoms with Crippen LogP contribution in [0.2, 0.25) is 0 Å². The minimum Gasteiger partial charge on any atom is -0.455 e. The lowest BCUT2D eigenvalue weighted by Crippen LogP contribution is -2.10. The molecule has 0 bridgehead atoms. The van der Waals surface area contributed by atoms with Gasteiger partial charge >= 0.3 is 0 Å². The number of hydrogen-bond donors (Lipinski definition) is 0. The molecule has 0 spiro atoms. The predicted octanol–water partition coefficient (Wildman–Crippen LogP) is 14.6. The number of para-hydroxylation sites is 3. The van der Waals surface area contributed by atoms with E-state index in [4.69, 9.17) is 4.42 Å². The number of hydrogen-bond acceptors (Lipinski definition) is 2. The van der Waals surface area contributed by atoms with E-state index in [1.165, 1.54) is 44.1 Å². The molecule has 0 aliphatic heterocycles. The van der Waals surface area contributed by atoms with Crippen molar-refractivity contribution in [1.29, 1.82) is 0 Å². The summed E-state index contributed by atoms with van der Waals surface area (Å²) < 4.78 is 8.82. The third-order valence-corrected chi connectivity index (χ3v) is 11.0. The zero-order valence-corrected chi connectivity index (χ0v) is 29.9. The fourth-order valence-electron chi connectivity index (χ4n) is 8.35. The standard InChI is InChI=1S/C52H34N2O/c1-2-11-35(12-3-1)36-21-23-37(24-22-36)38-25-28-40(29-26-38)53(43-30-32-44-39(33-43)27-31-48-47-17-6-9-20-51(47)55-52(44)48)41-13-10-14-42(34-41)54-49-18-7-4-15-45(49)46-16-5-8-19-50(46)54/h1-34H. The summed E-state index contributed by atoms with van der Waals surface area (Å²) >= 11 is 0. The van der Waals surface area contributed by atoms with Gasteiger partial charge in [-0.05, 0) is 100 Å². The number of furan rings is 1.